The maximum atomic E-state index is 13.5. The second-order valence-corrected chi connectivity index (χ2v) is 8.87. The highest BCUT2D eigenvalue weighted by atomic mass is 35.5. The smallest absolute Gasteiger partial charge is 0.226 e. The van der Waals surface area contributed by atoms with Crippen molar-refractivity contribution in [3.05, 3.63) is 95.3 Å². The molecule has 1 aliphatic heterocycles. The summed E-state index contributed by atoms with van der Waals surface area (Å²) >= 11 is 6.10. The van der Waals surface area contributed by atoms with Gasteiger partial charge in [0.1, 0.15) is 12.4 Å². The lowest BCUT2D eigenvalue weighted by Crippen LogP contribution is -2.43. The van der Waals surface area contributed by atoms with Crippen LogP contribution in [0.25, 0.3) is 0 Å². The minimum absolute atomic E-state index is 0.0137. The standard InChI is InChI=1S/C27H30ClN3O2/c1-30(26(25-9-5-6-16-29-25)21-10-12-23(28)13-11-21)27(32)22-14-17-31(18-15-22)19-20-33-24-7-3-2-4-8-24/h2-13,16,22,26H,14-15,17-20H2,1H3/t26-/m1/s1. The van der Waals surface area contributed by atoms with Gasteiger partial charge in [0, 0.05) is 30.7 Å². The molecule has 0 N–H and O–H groups in total. The number of carbonyl (C=O) groups excluding carboxylic acids is 1. The Balaban J connectivity index is 1.36. The fourth-order valence-electron chi connectivity index (χ4n) is 4.40. The quantitative estimate of drug-likeness (QED) is 0.467. The van der Waals surface area contributed by atoms with Gasteiger partial charge in [-0.3, -0.25) is 14.7 Å². The molecule has 0 bridgehead atoms. The van der Waals surface area contributed by atoms with E-state index >= 15 is 0 Å². The van der Waals surface area contributed by atoms with Crippen LogP contribution in [0.5, 0.6) is 5.75 Å². The molecular formula is C27H30ClN3O2. The van der Waals surface area contributed by atoms with Gasteiger partial charge in [-0.05, 0) is 67.9 Å². The molecule has 0 spiro atoms. The van der Waals surface area contributed by atoms with Crippen molar-refractivity contribution < 1.29 is 9.53 Å². The molecule has 0 saturated carbocycles. The molecule has 1 atom stereocenters. The van der Waals surface area contributed by atoms with Gasteiger partial charge in [0.2, 0.25) is 5.91 Å². The molecule has 0 radical (unpaired) electrons. The summed E-state index contributed by atoms with van der Waals surface area (Å²) in [4.78, 5) is 22.3. The van der Waals surface area contributed by atoms with Gasteiger partial charge in [-0.1, -0.05) is 48.0 Å². The third-order valence-corrected chi connectivity index (χ3v) is 6.50. The van der Waals surface area contributed by atoms with E-state index in [-0.39, 0.29) is 17.9 Å². The summed E-state index contributed by atoms with van der Waals surface area (Å²) in [7, 11) is 1.89. The van der Waals surface area contributed by atoms with Crippen molar-refractivity contribution in [2.24, 2.45) is 5.92 Å². The van der Waals surface area contributed by atoms with Crippen LogP contribution in [0.2, 0.25) is 5.02 Å². The van der Waals surface area contributed by atoms with E-state index in [0.29, 0.717) is 11.6 Å². The number of hydrogen-bond donors (Lipinski definition) is 0. The number of pyridine rings is 1. The SMILES string of the molecule is CN(C(=O)C1CCN(CCOc2ccccc2)CC1)[C@H](c1ccc(Cl)cc1)c1ccccn1. The Morgan fingerprint density at radius 1 is 1.06 bits per heavy atom. The van der Waals surface area contributed by atoms with Crippen LogP contribution in [0.3, 0.4) is 0 Å². The Bertz CT molecular complexity index is 1010. The van der Waals surface area contributed by atoms with Crippen molar-refractivity contribution >= 4 is 17.5 Å². The molecular weight excluding hydrogens is 434 g/mol. The Kier molecular flexibility index (Phi) is 7.97. The summed E-state index contributed by atoms with van der Waals surface area (Å²) < 4.78 is 5.83. The average molecular weight is 464 g/mol. The summed E-state index contributed by atoms with van der Waals surface area (Å²) in [5, 5.41) is 0.677. The van der Waals surface area contributed by atoms with Crippen molar-refractivity contribution in [3.63, 3.8) is 0 Å². The van der Waals surface area contributed by atoms with Crippen LogP contribution >= 0.6 is 11.6 Å². The van der Waals surface area contributed by atoms with Crippen molar-refractivity contribution in [2.45, 2.75) is 18.9 Å². The van der Waals surface area contributed by atoms with E-state index in [9.17, 15) is 4.79 Å². The van der Waals surface area contributed by atoms with Crippen LogP contribution in [0, 0.1) is 5.92 Å². The number of nitrogens with zero attached hydrogens (tertiary/aromatic N) is 3. The van der Waals surface area contributed by atoms with Crippen LogP contribution in [0.4, 0.5) is 0 Å². The van der Waals surface area contributed by atoms with Crippen molar-refractivity contribution in [3.8, 4) is 5.75 Å². The van der Waals surface area contributed by atoms with E-state index in [1.165, 1.54) is 0 Å². The molecule has 2 heterocycles. The van der Waals surface area contributed by atoms with Gasteiger partial charge in [0.25, 0.3) is 0 Å². The molecule has 1 amide bonds. The van der Waals surface area contributed by atoms with E-state index in [1.807, 2.05) is 84.7 Å². The Morgan fingerprint density at radius 2 is 1.76 bits per heavy atom. The predicted molar refractivity (Wildman–Crippen MR) is 131 cm³/mol. The predicted octanol–water partition coefficient (Wildman–Crippen LogP) is 5.07. The van der Waals surface area contributed by atoms with E-state index in [4.69, 9.17) is 16.3 Å². The summed E-state index contributed by atoms with van der Waals surface area (Å²) in [6, 6.07) is 23.1. The van der Waals surface area contributed by atoms with Crippen LogP contribution in [-0.2, 0) is 4.79 Å². The number of ether oxygens (including phenoxy) is 1. The molecule has 4 rings (SSSR count). The average Bonchev–Trinajstić information content (AvgIpc) is 2.86. The zero-order valence-corrected chi connectivity index (χ0v) is 19.7. The monoisotopic (exact) mass is 463 g/mol. The zero-order chi connectivity index (χ0) is 23.0. The number of rotatable bonds is 8. The van der Waals surface area contributed by atoms with Crippen LogP contribution in [-0.4, -0.2) is 54.0 Å². The molecule has 1 aliphatic rings. The maximum absolute atomic E-state index is 13.5. The molecule has 33 heavy (non-hydrogen) atoms. The number of carbonyl (C=O) groups is 1. The lowest BCUT2D eigenvalue weighted by atomic mass is 9.93. The fraction of sp³-hybridized carbons (Fsp3) is 0.333. The van der Waals surface area contributed by atoms with Crippen molar-refractivity contribution in [1.29, 1.82) is 0 Å². The highest BCUT2D eigenvalue weighted by Gasteiger charge is 2.32. The number of likely N-dealkylation sites (tertiary alicyclic amines) is 1. The number of hydrogen-bond acceptors (Lipinski definition) is 4. The summed E-state index contributed by atoms with van der Waals surface area (Å²) in [6.07, 6.45) is 3.47. The number of para-hydroxylation sites is 1. The summed E-state index contributed by atoms with van der Waals surface area (Å²) in [5.74, 6) is 1.08. The minimum Gasteiger partial charge on any atom is -0.492 e. The Morgan fingerprint density at radius 3 is 2.42 bits per heavy atom. The van der Waals surface area contributed by atoms with Gasteiger partial charge in [-0.2, -0.15) is 0 Å². The molecule has 0 aliphatic carbocycles. The first-order valence-electron chi connectivity index (χ1n) is 11.4. The number of amides is 1. The lowest BCUT2D eigenvalue weighted by molar-refractivity contribution is -0.137. The Labute approximate surface area is 201 Å². The van der Waals surface area contributed by atoms with Gasteiger partial charge < -0.3 is 9.64 Å². The van der Waals surface area contributed by atoms with E-state index < -0.39 is 0 Å². The van der Waals surface area contributed by atoms with Gasteiger partial charge in [0.05, 0.1) is 11.7 Å². The Hall–Kier alpha value is -2.89. The van der Waals surface area contributed by atoms with Gasteiger partial charge in [-0.25, -0.2) is 0 Å². The third kappa shape index (κ3) is 6.12. The molecule has 1 aromatic heterocycles. The van der Waals surface area contributed by atoms with Crippen LogP contribution in [0.1, 0.15) is 30.1 Å². The van der Waals surface area contributed by atoms with Crippen LogP contribution in [0.15, 0.2) is 79.0 Å². The first-order valence-corrected chi connectivity index (χ1v) is 11.8. The first-order chi connectivity index (χ1) is 16.1. The van der Waals surface area contributed by atoms with Crippen LogP contribution < -0.4 is 4.74 Å². The van der Waals surface area contributed by atoms with Crippen molar-refractivity contribution in [1.82, 2.24) is 14.8 Å². The highest BCUT2D eigenvalue weighted by molar-refractivity contribution is 6.30. The number of aromatic nitrogens is 1. The second-order valence-electron chi connectivity index (χ2n) is 8.44. The molecule has 2 aromatic carbocycles. The zero-order valence-electron chi connectivity index (χ0n) is 18.9. The largest absolute Gasteiger partial charge is 0.492 e. The molecule has 0 unspecified atom stereocenters. The number of benzene rings is 2. The third-order valence-electron chi connectivity index (χ3n) is 6.24. The molecule has 1 saturated heterocycles. The highest BCUT2D eigenvalue weighted by Crippen LogP contribution is 2.30. The van der Waals surface area contributed by atoms with Gasteiger partial charge in [0.15, 0.2) is 0 Å². The topological polar surface area (TPSA) is 45.7 Å². The summed E-state index contributed by atoms with van der Waals surface area (Å²) in [6.45, 7) is 3.32. The molecule has 3 aromatic rings. The normalized spacial score (nSPS) is 15.7. The number of piperidine rings is 1. The fourth-order valence-corrected chi connectivity index (χ4v) is 4.53. The molecule has 6 heteroatoms. The molecule has 172 valence electrons. The number of halogens is 1. The second kappa shape index (κ2) is 11.3. The first kappa shape index (κ1) is 23.3. The van der Waals surface area contributed by atoms with Gasteiger partial charge >= 0.3 is 0 Å². The van der Waals surface area contributed by atoms with Gasteiger partial charge in [-0.15, -0.1) is 0 Å². The summed E-state index contributed by atoms with van der Waals surface area (Å²) in [5.41, 5.74) is 1.86. The maximum Gasteiger partial charge on any atom is 0.226 e. The van der Waals surface area contributed by atoms with E-state index in [0.717, 1.165) is 49.5 Å². The minimum atomic E-state index is -0.242. The van der Waals surface area contributed by atoms with Crippen molar-refractivity contribution in [2.75, 3.05) is 33.3 Å². The van der Waals surface area contributed by atoms with E-state index in [1.54, 1.807) is 6.20 Å². The lowest BCUT2D eigenvalue weighted by Gasteiger charge is -2.35. The molecule has 1 fully saturated rings. The molecule has 5 nitrogen and oxygen atoms in total. The van der Waals surface area contributed by atoms with E-state index in [2.05, 4.69) is 9.88 Å².